The summed E-state index contributed by atoms with van der Waals surface area (Å²) >= 11 is 0. The molecule has 0 fully saturated rings. The van der Waals surface area contributed by atoms with Crippen molar-refractivity contribution in [3.63, 3.8) is 0 Å². The summed E-state index contributed by atoms with van der Waals surface area (Å²) in [6.07, 6.45) is 0. The van der Waals surface area contributed by atoms with Gasteiger partial charge in [0.1, 0.15) is 0 Å². The molecule has 196 valence electrons. The number of hydrogen-bond donors (Lipinski definition) is 1. The fourth-order valence-electron chi connectivity index (χ4n) is 8.15. The van der Waals surface area contributed by atoms with Crippen molar-refractivity contribution >= 4 is 75.4 Å². The van der Waals surface area contributed by atoms with Gasteiger partial charge < -0.3 is 5.11 Å². The first-order valence-electron chi connectivity index (χ1n) is 14.8. The van der Waals surface area contributed by atoms with Crippen LogP contribution in [0.4, 0.5) is 0 Å². The van der Waals surface area contributed by atoms with Crippen molar-refractivity contribution < 1.29 is 5.11 Å². The van der Waals surface area contributed by atoms with Crippen LogP contribution in [0, 0.1) is 0 Å². The van der Waals surface area contributed by atoms with Crippen molar-refractivity contribution in [1.29, 1.82) is 0 Å². The zero-order chi connectivity index (χ0) is 27.9. The minimum atomic E-state index is -1.04. The molecule has 0 heterocycles. The standard InChI is InChI=1S/C41H26O/c1-41(2,42)31-21-28(22-9-5-3-6-10-22)37-29-19-26-17-15-24-13-14-25-16-18-27-20-30(39(37)32(31)23-11-7-4-8-12-23)38(29)40-35(26)33(24)34(25)36(27)40/h3-21,42H,1-2H3. The highest BCUT2D eigenvalue weighted by atomic mass is 16.3. The average Bonchev–Trinajstić information content (AvgIpc) is 3.54. The van der Waals surface area contributed by atoms with E-state index in [-0.39, 0.29) is 0 Å². The van der Waals surface area contributed by atoms with Gasteiger partial charge in [0.2, 0.25) is 0 Å². The maximum absolute atomic E-state index is 11.7. The molecule has 10 rings (SSSR count). The van der Waals surface area contributed by atoms with Gasteiger partial charge >= 0.3 is 0 Å². The van der Waals surface area contributed by atoms with E-state index in [1.54, 1.807) is 0 Å². The molecule has 1 heteroatoms. The molecular formula is C41H26O. The van der Waals surface area contributed by atoms with Crippen molar-refractivity contribution in [2.75, 3.05) is 0 Å². The Kier molecular flexibility index (Phi) is 4.02. The Hall–Kier alpha value is -4.98. The maximum atomic E-state index is 11.7. The predicted molar refractivity (Wildman–Crippen MR) is 180 cm³/mol. The van der Waals surface area contributed by atoms with E-state index in [4.69, 9.17) is 0 Å². The van der Waals surface area contributed by atoms with Crippen LogP contribution in [0.15, 0.2) is 115 Å². The highest BCUT2D eigenvalue weighted by molar-refractivity contribution is 6.51. The molecule has 0 aromatic heterocycles. The zero-order valence-electron chi connectivity index (χ0n) is 23.4. The number of aliphatic hydroxyl groups is 1. The van der Waals surface area contributed by atoms with Crippen molar-refractivity contribution in [2.45, 2.75) is 19.4 Å². The van der Waals surface area contributed by atoms with Crippen LogP contribution in [0.5, 0.6) is 0 Å². The third kappa shape index (κ3) is 2.64. The second-order valence-electron chi connectivity index (χ2n) is 12.6. The van der Waals surface area contributed by atoms with Gasteiger partial charge in [0.25, 0.3) is 0 Å². The molecule has 0 unspecified atom stereocenters. The van der Waals surface area contributed by atoms with Crippen molar-refractivity contribution in [2.24, 2.45) is 0 Å². The van der Waals surface area contributed by atoms with Gasteiger partial charge in [-0.3, -0.25) is 0 Å². The zero-order valence-corrected chi connectivity index (χ0v) is 23.4. The summed E-state index contributed by atoms with van der Waals surface area (Å²) < 4.78 is 0. The molecule has 0 atom stereocenters. The number of benzene rings is 8. The average molecular weight is 535 g/mol. The van der Waals surface area contributed by atoms with Gasteiger partial charge in [-0.05, 0) is 135 Å². The Labute approximate surface area is 242 Å². The first-order chi connectivity index (χ1) is 20.5. The molecule has 0 saturated carbocycles. The summed E-state index contributed by atoms with van der Waals surface area (Å²) in [5, 5.41) is 30.3. The van der Waals surface area contributed by atoms with E-state index in [0.717, 1.165) is 16.7 Å². The molecule has 0 aliphatic rings. The second-order valence-corrected chi connectivity index (χ2v) is 12.6. The van der Waals surface area contributed by atoms with Gasteiger partial charge in [-0.1, -0.05) is 97.1 Å². The molecule has 42 heavy (non-hydrogen) atoms. The summed E-state index contributed by atoms with van der Waals surface area (Å²) in [5.41, 5.74) is 4.51. The fourth-order valence-corrected chi connectivity index (χ4v) is 8.15. The van der Waals surface area contributed by atoms with E-state index in [2.05, 4.69) is 115 Å². The summed E-state index contributed by atoms with van der Waals surface area (Å²) in [6.45, 7) is 3.83. The summed E-state index contributed by atoms with van der Waals surface area (Å²) in [5.74, 6) is 0. The van der Waals surface area contributed by atoms with E-state index in [0.29, 0.717) is 0 Å². The molecule has 0 radical (unpaired) electrons. The van der Waals surface area contributed by atoms with Crippen LogP contribution in [0.1, 0.15) is 19.4 Å². The lowest BCUT2D eigenvalue weighted by molar-refractivity contribution is 0.0794. The van der Waals surface area contributed by atoms with Crippen molar-refractivity contribution in [1.82, 2.24) is 0 Å². The van der Waals surface area contributed by atoms with Gasteiger partial charge in [0.15, 0.2) is 0 Å². The number of fused-ring (bicyclic) bond motifs is 3. The van der Waals surface area contributed by atoms with Crippen LogP contribution >= 0.6 is 0 Å². The quantitative estimate of drug-likeness (QED) is 0.224. The lowest BCUT2D eigenvalue weighted by Gasteiger charge is -2.25. The largest absolute Gasteiger partial charge is 0.386 e. The third-order valence-electron chi connectivity index (χ3n) is 9.79. The minimum absolute atomic E-state index is 0.952. The van der Waals surface area contributed by atoms with Crippen LogP contribution in [-0.2, 0) is 5.60 Å². The van der Waals surface area contributed by atoms with E-state index < -0.39 is 5.60 Å². The lowest BCUT2D eigenvalue weighted by Crippen LogP contribution is -2.17. The van der Waals surface area contributed by atoms with Crippen LogP contribution in [0.25, 0.3) is 97.7 Å². The van der Waals surface area contributed by atoms with Gasteiger partial charge in [-0.2, -0.15) is 0 Å². The van der Waals surface area contributed by atoms with E-state index >= 15 is 0 Å². The molecule has 0 aliphatic carbocycles. The van der Waals surface area contributed by atoms with Gasteiger partial charge in [0, 0.05) is 0 Å². The molecule has 1 nitrogen and oxygen atoms in total. The molecule has 0 bridgehead atoms. The topological polar surface area (TPSA) is 20.2 Å². The molecule has 10 aromatic rings. The van der Waals surface area contributed by atoms with Crippen LogP contribution < -0.4 is 0 Å². The first kappa shape index (κ1) is 22.7. The molecular weight excluding hydrogens is 508 g/mol. The van der Waals surface area contributed by atoms with E-state index in [1.807, 2.05) is 13.8 Å². The number of hydrogen-bond acceptors (Lipinski definition) is 1. The second kappa shape index (κ2) is 7.45. The Morgan fingerprint density at radius 1 is 0.429 bits per heavy atom. The van der Waals surface area contributed by atoms with Crippen LogP contribution in [0.2, 0.25) is 0 Å². The molecule has 0 saturated heterocycles. The molecule has 0 aliphatic heterocycles. The Morgan fingerprint density at radius 3 is 1.45 bits per heavy atom. The third-order valence-corrected chi connectivity index (χ3v) is 9.79. The maximum Gasteiger partial charge on any atom is 0.0846 e. The van der Waals surface area contributed by atoms with Gasteiger partial charge in [0.05, 0.1) is 5.60 Å². The summed E-state index contributed by atoms with van der Waals surface area (Å²) in [6, 6.07) is 42.2. The van der Waals surface area contributed by atoms with Gasteiger partial charge in [-0.25, -0.2) is 0 Å². The lowest BCUT2D eigenvalue weighted by atomic mass is 9.83. The van der Waals surface area contributed by atoms with E-state index in [9.17, 15) is 5.11 Å². The Bertz CT molecular complexity index is 2590. The predicted octanol–water partition coefficient (Wildman–Crippen LogP) is 11.1. The summed E-state index contributed by atoms with van der Waals surface area (Å²) in [4.78, 5) is 0. The normalized spacial score (nSPS) is 13.1. The smallest absolute Gasteiger partial charge is 0.0846 e. The van der Waals surface area contributed by atoms with E-state index in [1.165, 1.54) is 86.5 Å². The fraction of sp³-hybridized carbons (Fsp3) is 0.0732. The molecule has 0 amide bonds. The van der Waals surface area contributed by atoms with Crippen molar-refractivity contribution in [3.8, 4) is 22.3 Å². The first-order valence-corrected chi connectivity index (χ1v) is 14.8. The minimum Gasteiger partial charge on any atom is -0.386 e. The van der Waals surface area contributed by atoms with Gasteiger partial charge in [-0.15, -0.1) is 0 Å². The summed E-state index contributed by atoms with van der Waals surface area (Å²) in [7, 11) is 0. The molecule has 1 N–H and O–H groups in total. The SMILES string of the molecule is CC(C)(O)c1cc(-c2ccccc2)c2c3cc4ccc5ccc6ccc7cc(c2c1-c1ccccc1)c3c1c4c5c6c71. The highest BCUT2D eigenvalue weighted by Crippen LogP contribution is 2.56. The van der Waals surface area contributed by atoms with Crippen LogP contribution in [-0.4, -0.2) is 5.11 Å². The van der Waals surface area contributed by atoms with Crippen LogP contribution in [0.3, 0.4) is 0 Å². The molecule has 0 spiro atoms. The monoisotopic (exact) mass is 534 g/mol. The number of rotatable bonds is 3. The molecule has 10 aromatic carbocycles. The Morgan fingerprint density at radius 2 is 0.905 bits per heavy atom. The Balaban J connectivity index is 1.58. The van der Waals surface area contributed by atoms with Crippen molar-refractivity contribution in [3.05, 3.63) is 121 Å². The highest BCUT2D eigenvalue weighted by Gasteiger charge is 2.30.